The first-order chi connectivity index (χ1) is 8.09. The molecule has 1 aliphatic carbocycles. The third-order valence-corrected chi connectivity index (χ3v) is 3.71. The monoisotopic (exact) mass is 238 g/mol. The maximum Gasteiger partial charge on any atom is 0.305 e. The molecule has 0 atom stereocenters. The van der Waals surface area contributed by atoms with Gasteiger partial charge in [-0.05, 0) is 24.5 Å². The molecule has 0 amide bonds. The number of hydrogen-bond acceptors (Lipinski definition) is 3. The van der Waals surface area contributed by atoms with E-state index >= 15 is 0 Å². The van der Waals surface area contributed by atoms with Gasteiger partial charge in [0, 0.05) is 18.0 Å². The number of nitro benzene ring substituents is 1. The Kier molecular flexibility index (Phi) is 3.11. The lowest BCUT2D eigenvalue weighted by molar-refractivity contribution is -0.387. The summed E-state index contributed by atoms with van der Waals surface area (Å²) >= 11 is 0. The summed E-state index contributed by atoms with van der Waals surface area (Å²) in [5.74, 6) is -0.788. The number of nitrogens with zero attached hydrogens (tertiary/aromatic N) is 1. The normalized spacial score (nSPS) is 18.2. The van der Waals surface area contributed by atoms with E-state index < -0.39 is 16.4 Å². The molecule has 1 fully saturated rings. The second-order valence-electron chi connectivity index (χ2n) is 4.61. The van der Waals surface area contributed by atoms with Crippen LogP contribution in [0.4, 0.5) is 10.1 Å². The van der Waals surface area contributed by atoms with Crippen LogP contribution in [-0.2, 0) is 5.41 Å². The van der Waals surface area contributed by atoms with Gasteiger partial charge in [-0.2, -0.15) is 4.39 Å². The van der Waals surface area contributed by atoms with Gasteiger partial charge in [0.15, 0.2) is 0 Å². The fraction of sp³-hybridized carbons (Fsp3) is 0.500. The Labute approximate surface area is 98.8 Å². The minimum Gasteiger partial charge on any atom is -0.330 e. The SMILES string of the molecule is NCC1(c2ccc(F)c([N+](=O)[O-])c2)CCCC1. The van der Waals surface area contributed by atoms with Crippen LogP contribution in [0.25, 0.3) is 0 Å². The van der Waals surface area contributed by atoms with Crippen LogP contribution in [0.15, 0.2) is 18.2 Å². The average Bonchev–Trinajstić information content (AvgIpc) is 2.79. The summed E-state index contributed by atoms with van der Waals surface area (Å²) in [6, 6.07) is 4.14. The zero-order valence-electron chi connectivity index (χ0n) is 9.49. The van der Waals surface area contributed by atoms with Crippen molar-refractivity contribution >= 4 is 5.69 Å². The Morgan fingerprint density at radius 2 is 2.06 bits per heavy atom. The number of nitro groups is 1. The molecule has 1 saturated carbocycles. The molecule has 0 spiro atoms. The van der Waals surface area contributed by atoms with Crippen molar-refractivity contribution in [3.8, 4) is 0 Å². The third kappa shape index (κ3) is 2.02. The molecule has 4 nitrogen and oxygen atoms in total. The molecule has 17 heavy (non-hydrogen) atoms. The molecule has 1 aromatic rings. The van der Waals surface area contributed by atoms with E-state index in [4.69, 9.17) is 5.73 Å². The van der Waals surface area contributed by atoms with E-state index in [0.717, 1.165) is 31.2 Å². The Bertz CT molecular complexity index is 442. The summed E-state index contributed by atoms with van der Waals surface area (Å²) in [4.78, 5) is 10.0. The van der Waals surface area contributed by atoms with Crippen LogP contribution in [0, 0.1) is 15.9 Å². The molecule has 0 aliphatic heterocycles. The van der Waals surface area contributed by atoms with Gasteiger partial charge in [0.2, 0.25) is 5.82 Å². The molecular weight excluding hydrogens is 223 g/mol. The highest BCUT2D eigenvalue weighted by atomic mass is 19.1. The maximum absolute atomic E-state index is 13.3. The predicted molar refractivity (Wildman–Crippen MR) is 62.3 cm³/mol. The fourth-order valence-corrected chi connectivity index (χ4v) is 2.64. The molecular formula is C12H15FN2O2. The Balaban J connectivity index is 2.45. The largest absolute Gasteiger partial charge is 0.330 e. The van der Waals surface area contributed by atoms with Crippen LogP contribution in [0.1, 0.15) is 31.2 Å². The molecule has 0 saturated heterocycles. The van der Waals surface area contributed by atoms with Crippen molar-refractivity contribution < 1.29 is 9.31 Å². The van der Waals surface area contributed by atoms with Crippen molar-refractivity contribution in [3.05, 3.63) is 39.7 Å². The number of rotatable bonds is 3. The minimum atomic E-state index is -0.788. The van der Waals surface area contributed by atoms with Crippen molar-refractivity contribution in [2.45, 2.75) is 31.1 Å². The molecule has 0 aromatic heterocycles. The van der Waals surface area contributed by atoms with Gasteiger partial charge >= 0.3 is 5.69 Å². The van der Waals surface area contributed by atoms with Gasteiger partial charge in [-0.25, -0.2) is 0 Å². The predicted octanol–water partition coefficient (Wildman–Crippen LogP) is 2.50. The van der Waals surface area contributed by atoms with E-state index in [9.17, 15) is 14.5 Å². The highest BCUT2D eigenvalue weighted by Gasteiger charge is 2.35. The fourth-order valence-electron chi connectivity index (χ4n) is 2.64. The van der Waals surface area contributed by atoms with Crippen LogP contribution in [0.2, 0.25) is 0 Å². The standard InChI is InChI=1S/C12H15FN2O2/c13-10-4-3-9(7-11(10)15(16)17)12(8-14)5-1-2-6-12/h3-4,7H,1-2,5-6,8,14H2. The topological polar surface area (TPSA) is 69.2 Å². The van der Waals surface area contributed by atoms with E-state index in [2.05, 4.69) is 0 Å². The molecule has 2 rings (SSSR count). The van der Waals surface area contributed by atoms with Crippen LogP contribution in [0.5, 0.6) is 0 Å². The molecule has 1 aromatic carbocycles. The van der Waals surface area contributed by atoms with Crippen molar-refractivity contribution in [1.82, 2.24) is 0 Å². The van der Waals surface area contributed by atoms with Gasteiger partial charge in [-0.3, -0.25) is 10.1 Å². The smallest absolute Gasteiger partial charge is 0.305 e. The summed E-state index contributed by atoms with van der Waals surface area (Å²) in [6.45, 7) is 0.454. The van der Waals surface area contributed by atoms with E-state index in [1.54, 1.807) is 6.07 Å². The molecule has 0 bridgehead atoms. The Morgan fingerprint density at radius 1 is 1.41 bits per heavy atom. The third-order valence-electron chi connectivity index (χ3n) is 3.71. The highest BCUT2D eigenvalue weighted by Crippen LogP contribution is 2.41. The summed E-state index contributed by atoms with van der Waals surface area (Å²) in [5, 5.41) is 10.7. The van der Waals surface area contributed by atoms with Gasteiger partial charge in [0.25, 0.3) is 0 Å². The van der Waals surface area contributed by atoms with Crippen LogP contribution in [-0.4, -0.2) is 11.5 Å². The first-order valence-corrected chi connectivity index (χ1v) is 5.73. The van der Waals surface area contributed by atoms with Crippen molar-refractivity contribution in [1.29, 1.82) is 0 Å². The maximum atomic E-state index is 13.3. The van der Waals surface area contributed by atoms with Crippen molar-refractivity contribution in [2.24, 2.45) is 5.73 Å². The van der Waals surface area contributed by atoms with Crippen molar-refractivity contribution in [3.63, 3.8) is 0 Å². The zero-order chi connectivity index (χ0) is 12.5. The van der Waals surface area contributed by atoms with Gasteiger partial charge in [-0.15, -0.1) is 0 Å². The average molecular weight is 238 g/mol. The first-order valence-electron chi connectivity index (χ1n) is 5.73. The minimum absolute atomic E-state index is 0.196. The Hall–Kier alpha value is -1.49. The summed E-state index contributed by atoms with van der Waals surface area (Å²) in [6.07, 6.45) is 3.99. The van der Waals surface area contributed by atoms with E-state index in [1.165, 1.54) is 12.1 Å². The number of nitrogens with two attached hydrogens (primary N) is 1. The molecule has 92 valence electrons. The van der Waals surface area contributed by atoms with Crippen molar-refractivity contribution in [2.75, 3.05) is 6.54 Å². The highest BCUT2D eigenvalue weighted by molar-refractivity contribution is 5.40. The number of halogens is 1. The zero-order valence-corrected chi connectivity index (χ0v) is 9.49. The lowest BCUT2D eigenvalue weighted by atomic mass is 9.79. The van der Waals surface area contributed by atoms with Gasteiger partial charge in [0.1, 0.15) is 0 Å². The van der Waals surface area contributed by atoms with E-state index in [0.29, 0.717) is 6.54 Å². The number of benzene rings is 1. The molecule has 1 aliphatic rings. The second kappa shape index (κ2) is 4.41. The van der Waals surface area contributed by atoms with E-state index in [-0.39, 0.29) is 5.41 Å². The second-order valence-corrected chi connectivity index (χ2v) is 4.61. The van der Waals surface area contributed by atoms with Gasteiger partial charge in [-0.1, -0.05) is 18.9 Å². The Morgan fingerprint density at radius 3 is 2.59 bits per heavy atom. The van der Waals surface area contributed by atoms with Crippen LogP contribution >= 0.6 is 0 Å². The summed E-state index contributed by atoms with van der Waals surface area (Å²) in [5.41, 5.74) is 5.95. The molecule has 0 radical (unpaired) electrons. The summed E-state index contributed by atoms with van der Waals surface area (Å²) < 4.78 is 13.3. The molecule has 2 N–H and O–H groups in total. The lowest BCUT2D eigenvalue weighted by Gasteiger charge is -2.27. The van der Waals surface area contributed by atoms with Crippen LogP contribution in [0.3, 0.4) is 0 Å². The van der Waals surface area contributed by atoms with E-state index in [1.807, 2.05) is 0 Å². The quantitative estimate of drug-likeness (QED) is 0.649. The van der Waals surface area contributed by atoms with Crippen LogP contribution < -0.4 is 5.73 Å². The summed E-state index contributed by atoms with van der Waals surface area (Å²) in [7, 11) is 0. The molecule has 0 heterocycles. The number of hydrogen-bond donors (Lipinski definition) is 1. The van der Waals surface area contributed by atoms with Gasteiger partial charge < -0.3 is 5.73 Å². The lowest BCUT2D eigenvalue weighted by Crippen LogP contribution is -2.32. The molecule has 0 unspecified atom stereocenters. The van der Waals surface area contributed by atoms with Gasteiger partial charge in [0.05, 0.1) is 4.92 Å². The molecule has 5 heteroatoms. The first kappa shape index (κ1) is 12.0.